The molecular formula is C26H28N2O5S. The van der Waals surface area contributed by atoms with Crippen molar-refractivity contribution in [3.8, 4) is 22.6 Å². The first kappa shape index (κ1) is 22.9. The highest BCUT2D eigenvalue weighted by molar-refractivity contribution is 8.22. The van der Waals surface area contributed by atoms with Gasteiger partial charge in [-0.15, -0.1) is 10.8 Å². The van der Waals surface area contributed by atoms with Gasteiger partial charge >= 0.3 is 0 Å². The number of aromatic nitrogens is 1. The van der Waals surface area contributed by atoms with Gasteiger partial charge in [0, 0.05) is 25.2 Å². The van der Waals surface area contributed by atoms with Crippen molar-refractivity contribution in [1.82, 2.24) is 9.71 Å². The highest BCUT2D eigenvalue weighted by Gasteiger charge is 2.51. The Bertz CT molecular complexity index is 1270. The van der Waals surface area contributed by atoms with Crippen LogP contribution in [0.3, 0.4) is 0 Å². The van der Waals surface area contributed by atoms with E-state index in [9.17, 15) is 13.9 Å². The summed E-state index contributed by atoms with van der Waals surface area (Å²) in [5.41, 5.74) is 5.25. The van der Waals surface area contributed by atoms with E-state index in [1.807, 2.05) is 44.2 Å². The minimum Gasteiger partial charge on any atom is -0.454 e. The van der Waals surface area contributed by atoms with Gasteiger partial charge in [-0.2, -0.15) is 0 Å². The van der Waals surface area contributed by atoms with Gasteiger partial charge in [0.25, 0.3) is 0 Å². The molecule has 8 heteroatoms. The van der Waals surface area contributed by atoms with Gasteiger partial charge in [0.1, 0.15) is 5.78 Å². The average Bonchev–Trinajstić information content (AvgIpc) is 3.53. The number of ether oxygens (including phenoxy) is 2. The summed E-state index contributed by atoms with van der Waals surface area (Å²) in [6, 6.07) is 12.9. The van der Waals surface area contributed by atoms with Crippen molar-refractivity contribution in [2.75, 3.05) is 13.8 Å². The number of nitrogens with zero attached hydrogens (tertiary/aromatic N) is 1. The number of pyridine rings is 1. The number of rotatable bonds is 7. The molecule has 0 unspecified atom stereocenters. The lowest BCUT2D eigenvalue weighted by Gasteiger charge is -2.31. The fourth-order valence-corrected chi connectivity index (χ4v) is 5.29. The Balaban J connectivity index is 1.37. The Morgan fingerprint density at radius 2 is 1.76 bits per heavy atom. The number of hydrogen-bond acceptors (Lipinski definition) is 7. The maximum atomic E-state index is 13.4. The molecule has 1 aliphatic carbocycles. The van der Waals surface area contributed by atoms with E-state index in [4.69, 9.17) is 9.47 Å². The van der Waals surface area contributed by atoms with Crippen LogP contribution >= 0.6 is 10.8 Å². The van der Waals surface area contributed by atoms with E-state index >= 15 is 0 Å². The van der Waals surface area contributed by atoms with Crippen LogP contribution in [0.5, 0.6) is 11.5 Å². The van der Waals surface area contributed by atoms with Gasteiger partial charge in [0.05, 0.1) is 16.0 Å². The summed E-state index contributed by atoms with van der Waals surface area (Å²) in [5.74, 6) is 1.60. The topological polar surface area (TPSA) is 101 Å². The number of benzene rings is 2. The Kier molecular flexibility index (Phi) is 5.64. The highest BCUT2D eigenvalue weighted by atomic mass is 32.3. The highest BCUT2D eigenvalue weighted by Crippen LogP contribution is 2.51. The number of nitrogens with one attached hydrogen (secondary N) is 1. The van der Waals surface area contributed by atoms with Crippen LogP contribution in [-0.2, 0) is 16.6 Å². The molecule has 0 spiro atoms. The van der Waals surface area contributed by atoms with Crippen LogP contribution in [0, 0.1) is 13.8 Å². The molecule has 0 bridgehead atoms. The van der Waals surface area contributed by atoms with Crippen LogP contribution < -0.4 is 14.2 Å². The monoisotopic (exact) mass is 480 g/mol. The van der Waals surface area contributed by atoms with Crippen molar-refractivity contribution in [3.05, 3.63) is 71.0 Å². The number of ketones is 1. The van der Waals surface area contributed by atoms with Crippen molar-refractivity contribution >= 4 is 16.6 Å². The lowest BCUT2D eigenvalue weighted by Crippen LogP contribution is -2.23. The molecule has 1 fully saturated rings. The molecule has 0 saturated heterocycles. The molecule has 178 valence electrons. The summed E-state index contributed by atoms with van der Waals surface area (Å²) in [6.07, 6.45) is 3.75. The quantitative estimate of drug-likeness (QED) is 0.428. The van der Waals surface area contributed by atoms with E-state index in [1.54, 1.807) is 18.3 Å². The van der Waals surface area contributed by atoms with Gasteiger partial charge < -0.3 is 9.47 Å². The van der Waals surface area contributed by atoms with E-state index in [0.29, 0.717) is 10.6 Å². The summed E-state index contributed by atoms with van der Waals surface area (Å²) in [7, 11) is -1.48. The van der Waals surface area contributed by atoms with Gasteiger partial charge in [-0.25, -0.2) is 4.72 Å². The fourth-order valence-electron chi connectivity index (χ4n) is 4.53. The lowest BCUT2D eigenvalue weighted by molar-refractivity contribution is -0.120. The molecule has 2 heterocycles. The van der Waals surface area contributed by atoms with Gasteiger partial charge in [-0.05, 0) is 73.2 Å². The predicted octanol–water partition coefficient (Wildman–Crippen LogP) is 5.18. The Morgan fingerprint density at radius 3 is 2.44 bits per heavy atom. The molecule has 1 saturated carbocycles. The number of fused-ring (bicyclic) bond motifs is 1. The zero-order valence-electron chi connectivity index (χ0n) is 19.4. The zero-order chi connectivity index (χ0) is 24.1. The number of Topliss-reactive ketones (excluding diaryl/α,β-unsaturated/α-hetero) is 1. The first-order chi connectivity index (χ1) is 16.2. The third-order valence-corrected chi connectivity index (χ3v) is 8.56. The molecule has 2 aromatic carbocycles. The largest absolute Gasteiger partial charge is 0.454 e. The summed E-state index contributed by atoms with van der Waals surface area (Å²) >= 11 is 0. The standard InChI is InChI=1S/C26H28N2O5S/c1-16-17(2)22(28-14-21(16)18-4-7-20(8-5-18)34(30,31)27-3)13-25(29)26(10-11-26)19-6-9-23-24(12-19)33-15-32-23/h4-9,12,14,27,30-31H,10-11,13,15H2,1-3H3. The van der Waals surface area contributed by atoms with Crippen molar-refractivity contribution in [2.45, 2.75) is 43.4 Å². The Hall–Kier alpha value is -2.91. The van der Waals surface area contributed by atoms with E-state index in [2.05, 4.69) is 9.71 Å². The summed E-state index contributed by atoms with van der Waals surface area (Å²) < 4.78 is 33.5. The van der Waals surface area contributed by atoms with Crippen molar-refractivity contribution in [2.24, 2.45) is 0 Å². The summed E-state index contributed by atoms with van der Waals surface area (Å²) in [5, 5.41) is 0. The SMILES string of the molecule is CNS(O)(O)c1ccc(-c2cnc(CC(=O)C3(c4ccc5c(c4)OCO5)CC3)c(C)c2C)cc1. The third kappa shape index (κ3) is 3.86. The van der Waals surface area contributed by atoms with Crippen LogP contribution in [0.25, 0.3) is 11.1 Å². The number of hydrogen-bond donors (Lipinski definition) is 3. The number of carbonyl (C=O) groups is 1. The zero-order valence-corrected chi connectivity index (χ0v) is 20.2. The molecule has 34 heavy (non-hydrogen) atoms. The van der Waals surface area contributed by atoms with Crippen molar-refractivity contribution in [1.29, 1.82) is 0 Å². The third-order valence-electron chi connectivity index (χ3n) is 7.06. The van der Waals surface area contributed by atoms with Crippen LogP contribution in [0.15, 0.2) is 53.6 Å². The molecule has 0 amide bonds. The predicted molar refractivity (Wildman–Crippen MR) is 132 cm³/mol. The van der Waals surface area contributed by atoms with Crippen LogP contribution in [-0.4, -0.2) is 33.7 Å². The molecular weight excluding hydrogens is 452 g/mol. The Morgan fingerprint density at radius 1 is 1.06 bits per heavy atom. The molecule has 0 atom stereocenters. The fraction of sp³-hybridized carbons (Fsp3) is 0.308. The van der Waals surface area contributed by atoms with Crippen molar-refractivity contribution < 1.29 is 23.4 Å². The first-order valence-electron chi connectivity index (χ1n) is 11.2. The molecule has 1 aliphatic heterocycles. The summed E-state index contributed by atoms with van der Waals surface area (Å²) in [6.45, 7) is 4.25. The minimum atomic E-state index is -2.99. The van der Waals surface area contributed by atoms with Gasteiger partial charge in [-0.3, -0.25) is 18.9 Å². The van der Waals surface area contributed by atoms with Crippen molar-refractivity contribution in [3.63, 3.8) is 0 Å². The van der Waals surface area contributed by atoms with Crippen LogP contribution in [0.4, 0.5) is 0 Å². The Labute approximate surface area is 200 Å². The maximum absolute atomic E-state index is 13.4. The van der Waals surface area contributed by atoms with Gasteiger partial charge in [0.15, 0.2) is 11.5 Å². The molecule has 3 N–H and O–H groups in total. The van der Waals surface area contributed by atoms with E-state index in [1.165, 1.54) is 7.05 Å². The second kappa shape index (κ2) is 8.39. The molecule has 5 rings (SSSR count). The molecule has 2 aliphatic rings. The second-order valence-corrected chi connectivity index (χ2v) is 10.9. The van der Waals surface area contributed by atoms with Crippen LogP contribution in [0.1, 0.15) is 35.2 Å². The molecule has 1 aromatic heterocycles. The second-order valence-electron chi connectivity index (χ2n) is 8.90. The normalized spacial score (nSPS) is 16.4. The molecule has 0 radical (unpaired) electrons. The molecule has 3 aromatic rings. The van der Waals surface area contributed by atoms with Crippen LogP contribution in [0.2, 0.25) is 0 Å². The van der Waals surface area contributed by atoms with Gasteiger partial charge in [0.2, 0.25) is 6.79 Å². The smallest absolute Gasteiger partial charge is 0.231 e. The van der Waals surface area contributed by atoms with E-state index in [-0.39, 0.29) is 19.0 Å². The summed E-state index contributed by atoms with van der Waals surface area (Å²) in [4.78, 5) is 18.5. The first-order valence-corrected chi connectivity index (χ1v) is 12.8. The molecule has 7 nitrogen and oxygen atoms in total. The minimum absolute atomic E-state index is 0.177. The lowest BCUT2D eigenvalue weighted by atomic mass is 9.87. The number of carbonyl (C=O) groups excluding carboxylic acids is 1. The maximum Gasteiger partial charge on any atom is 0.231 e. The van der Waals surface area contributed by atoms with Gasteiger partial charge in [-0.1, -0.05) is 18.2 Å². The van der Waals surface area contributed by atoms with E-state index in [0.717, 1.165) is 52.1 Å². The van der Waals surface area contributed by atoms with E-state index < -0.39 is 16.2 Å². The average molecular weight is 481 g/mol.